The molecule has 0 saturated carbocycles. The number of carbonyl (C=O) groups is 1. The van der Waals surface area contributed by atoms with Gasteiger partial charge in [0.15, 0.2) is 0 Å². The van der Waals surface area contributed by atoms with Gasteiger partial charge in [0.2, 0.25) is 0 Å². The highest BCUT2D eigenvalue weighted by Gasteiger charge is 2.16. The van der Waals surface area contributed by atoms with Crippen molar-refractivity contribution in [3.63, 3.8) is 0 Å². The molecular weight excluding hydrogens is 308 g/mol. The van der Waals surface area contributed by atoms with E-state index >= 15 is 0 Å². The average Bonchev–Trinajstić information content (AvgIpc) is 3.06. The molecule has 1 aromatic carbocycles. The van der Waals surface area contributed by atoms with Crippen molar-refractivity contribution in [2.45, 2.75) is 32.5 Å². The Labute approximate surface area is 142 Å². The van der Waals surface area contributed by atoms with E-state index in [-0.39, 0.29) is 18.1 Å². The van der Waals surface area contributed by atoms with E-state index in [1.165, 1.54) is 0 Å². The minimum absolute atomic E-state index is 0.0464. The van der Waals surface area contributed by atoms with Crippen molar-refractivity contribution in [1.29, 1.82) is 0 Å². The topological polar surface area (TPSA) is 77.4 Å². The second-order valence-corrected chi connectivity index (χ2v) is 5.58. The summed E-state index contributed by atoms with van der Waals surface area (Å²) in [5, 5.41) is 9.95. The normalized spacial score (nSPS) is 13.0. The Hall–Kier alpha value is -2.70. The van der Waals surface area contributed by atoms with Crippen LogP contribution in [-0.4, -0.2) is 36.1 Å². The van der Waals surface area contributed by atoms with Crippen molar-refractivity contribution in [1.82, 2.24) is 20.4 Å². The predicted octanol–water partition coefficient (Wildman–Crippen LogP) is 2.35. The molecule has 0 unspecified atom stereocenters. The second kappa shape index (κ2) is 8.24. The van der Waals surface area contributed by atoms with Gasteiger partial charge in [0, 0.05) is 30.1 Å². The standard InChI is InChI=1S/C17H24N4O3/c1-12(11-21-9-5-8-18-21)19-17(22)20-13(2)15-7-6-14(23-3)10-16(15)24-4/h5-10,12-13H,11H2,1-4H3,(H2,19,20,22)/t12-,13-/m0/s1. The van der Waals surface area contributed by atoms with Crippen LogP contribution in [0.15, 0.2) is 36.7 Å². The van der Waals surface area contributed by atoms with Gasteiger partial charge in [-0.3, -0.25) is 4.68 Å². The Morgan fingerprint density at radius 3 is 2.67 bits per heavy atom. The van der Waals surface area contributed by atoms with Gasteiger partial charge < -0.3 is 20.1 Å². The number of hydrogen-bond acceptors (Lipinski definition) is 4. The summed E-state index contributed by atoms with van der Waals surface area (Å²) in [6.45, 7) is 4.45. The molecule has 0 aliphatic carbocycles. The van der Waals surface area contributed by atoms with Crippen LogP contribution in [0.3, 0.4) is 0 Å². The third-order valence-corrected chi connectivity index (χ3v) is 3.65. The molecule has 2 aromatic rings. The molecule has 0 saturated heterocycles. The van der Waals surface area contributed by atoms with E-state index in [0.29, 0.717) is 18.0 Å². The van der Waals surface area contributed by atoms with Crippen molar-refractivity contribution in [3.05, 3.63) is 42.2 Å². The number of benzene rings is 1. The number of ether oxygens (including phenoxy) is 2. The van der Waals surface area contributed by atoms with Crippen LogP contribution in [0.25, 0.3) is 0 Å². The molecule has 1 aromatic heterocycles. The molecule has 2 rings (SSSR count). The van der Waals surface area contributed by atoms with E-state index in [9.17, 15) is 4.79 Å². The number of amides is 2. The van der Waals surface area contributed by atoms with E-state index in [4.69, 9.17) is 9.47 Å². The van der Waals surface area contributed by atoms with E-state index in [2.05, 4.69) is 15.7 Å². The summed E-state index contributed by atoms with van der Waals surface area (Å²) in [5.41, 5.74) is 0.883. The molecule has 0 radical (unpaired) electrons. The predicted molar refractivity (Wildman–Crippen MR) is 91.3 cm³/mol. The van der Waals surface area contributed by atoms with E-state index < -0.39 is 0 Å². The number of nitrogens with zero attached hydrogens (tertiary/aromatic N) is 2. The fourth-order valence-electron chi connectivity index (χ4n) is 2.45. The molecule has 7 heteroatoms. The molecule has 1 heterocycles. The van der Waals surface area contributed by atoms with Crippen molar-refractivity contribution >= 4 is 6.03 Å². The number of carbonyl (C=O) groups excluding carboxylic acids is 1. The lowest BCUT2D eigenvalue weighted by molar-refractivity contribution is 0.233. The Morgan fingerprint density at radius 1 is 1.25 bits per heavy atom. The first kappa shape index (κ1) is 17.7. The van der Waals surface area contributed by atoms with E-state index in [1.807, 2.05) is 38.2 Å². The van der Waals surface area contributed by atoms with Crippen LogP contribution in [0.1, 0.15) is 25.5 Å². The van der Waals surface area contributed by atoms with Crippen molar-refractivity contribution in [2.75, 3.05) is 14.2 Å². The first-order valence-electron chi connectivity index (χ1n) is 7.80. The van der Waals surface area contributed by atoms with Crippen LogP contribution in [0, 0.1) is 0 Å². The Kier molecular flexibility index (Phi) is 6.06. The molecule has 0 spiro atoms. The fraction of sp³-hybridized carbons (Fsp3) is 0.412. The summed E-state index contributed by atoms with van der Waals surface area (Å²) < 4.78 is 12.3. The maximum Gasteiger partial charge on any atom is 0.315 e. The molecule has 2 N–H and O–H groups in total. The maximum atomic E-state index is 12.2. The Bertz CT molecular complexity index is 658. The highest BCUT2D eigenvalue weighted by Crippen LogP contribution is 2.29. The molecule has 0 aliphatic heterocycles. The summed E-state index contributed by atoms with van der Waals surface area (Å²) in [5.74, 6) is 1.38. The lowest BCUT2D eigenvalue weighted by atomic mass is 10.1. The number of nitrogens with one attached hydrogen (secondary N) is 2. The Balaban J connectivity index is 1.93. The third-order valence-electron chi connectivity index (χ3n) is 3.65. The van der Waals surface area contributed by atoms with Crippen LogP contribution in [-0.2, 0) is 6.54 Å². The molecule has 0 fully saturated rings. The van der Waals surface area contributed by atoms with Crippen LogP contribution in [0.2, 0.25) is 0 Å². The summed E-state index contributed by atoms with van der Waals surface area (Å²) in [6, 6.07) is 6.89. The second-order valence-electron chi connectivity index (χ2n) is 5.58. The number of urea groups is 1. The molecular formula is C17H24N4O3. The molecule has 130 valence electrons. The minimum Gasteiger partial charge on any atom is -0.497 e. The average molecular weight is 332 g/mol. The van der Waals surface area contributed by atoms with E-state index in [1.54, 1.807) is 31.2 Å². The summed E-state index contributed by atoms with van der Waals surface area (Å²) in [6.07, 6.45) is 3.58. The van der Waals surface area contributed by atoms with Crippen LogP contribution in [0.5, 0.6) is 11.5 Å². The number of hydrogen-bond donors (Lipinski definition) is 2. The molecule has 7 nitrogen and oxygen atoms in total. The van der Waals surface area contributed by atoms with Gasteiger partial charge in [-0.1, -0.05) is 0 Å². The van der Waals surface area contributed by atoms with Gasteiger partial charge in [0.05, 0.1) is 26.8 Å². The highest BCUT2D eigenvalue weighted by molar-refractivity contribution is 5.74. The molecule has 2 atom stereocenters. The van der Waals surface area contributed by atoms with E-state index in [0.717, 1.165) is 5.56 Å². The molecule has 0 aliphatic rings. The largest absolute Gasteiger partial charge is 0.497 e. The summed E-state index contributed by atoms with van der Waals surface area (Å²) in [4.78, 5) is 12.2. The zero-order valence-electron chi connectivity index (χ0n) is 14.4. The van der Waals surface area contributed by atoms with Gasteiger partial charge in [-0.25, -0.2) is 4.79 Å². The smallest absolute Gasteiger partial charge is 0.315 e. The first-order chi connectivity index (χ1) is 11.5. The zero-order valence-corrected chi connectivity index (χ0v) is 14.4. The van der Waals surface area contributed by atoms with Gasteiger partial charge in [0.1, 0.15) is 11.5 Å². The highest BCUT2D eigenvalue weighted by atomic mass is 16.5. The van der Waals surface area contributed by atoms with Gasteiger partial charge in [0.25, 0.3) is 0 Å². The van der Waals surface area contributed by atoms with Gasteiger partial charge in [-0.2, -0.15) is 5.10 Å². The number of methoxy groups -OCH3 is 2. The zero-order chi connectivity index (χ0) is 17.5. The lowest BCUT2D eigenvalue weighted by Crippen LogP contribution is -2.43. The third kappa shape index (κ3) is 4.65. The van der Waals surface area contributed by atoms with Gasteiger partial charge in [-0.15, -0.1) is 0 Å². The quantitative estimate of drug-likeness (QED) is 0.816. The molecule has 0 bridgehead atoms. The van der Waals surface area contributed by atoms with Crippen LogP contribution < -0.4 is 20.1 Å². The van der Waals surface area contributed by atoms with Crippen molar-refractivity contribution in [2.24, 2.45) is 0 Å². The first-order valence-corrected chi connectivity index (χ1v) is 7.80. The molecule has 24 heavy (non-hydrogen) atoms. The monoisotopic (exact) mass is 332 g/mol. The molecule has 2 amide bonds. The minimum atomic E-state index is -0.236. The fourth-order valence-corrected chi connectivity index (χ4v) is 2.45. The van der Waals surface area contributed by atoms with Crippen molar-refractivity contribution < 1.29 is 14.3 Å². The van der Waals surface area contributed by atoms with Crippen molar-refractivity contribution in [3.8, 4) is 11.5 Å². The number of aromatic nitrogens is 2. The van der Waals surface area contributed by atoms with Gasteiger partial charge >= 0.3 is 6.03 Å². The van der Waals surface area contributed by atoms with Gasteiger partial charge in [-0.05, 0) is 32.0 Å². The number of rotatable bonds is 7. The van der Waals surface area contributed by atoms with Crippen LogP contribution in [0.4, 0.5) is 4.79 Å². The maximum absolute atomic E-state index is 12.2. The lowest BCUT2D eigenvalue weighted by Gasteiger charge is -2.20. The summed E-state index contributed by atoms with van der Waals surface area (Å²) >= 11 is 0. The van der Waals surface area contributed by atoms with Crippen LogP contribution >= 0.6 is 0 Å². The summed E-state index contributed by atoms with van der Waals surface area (Å²) in [7, 11) is 3.20. The SMILES string of the molecule is COc1ccc([C@H](C)NC(=O)N[C@@H](C)Cn2cccn2)c(OC)c1. The Morgan fingerprint density at radius 2 is 2.04 bits per heavy atom.